The van der Waals surface area contributed by atoms with Gasteiger partial charge in [-0.2, -0.15) is 11.8 Å². The highest BCUT2D eigenvalue weighted by Crippen LogP contribution is 2.27. The molecule has 1 N–H and O–H groups in total. The van der Waals surface area contributed by atoms with Crippen molar-refractivity contribution in [3.05, 3.63) is 34.9 Å². The monoisotopic (exact) mass is 291 g/mol. The van der Waals surface area contributed by atoms with Crippen molar-refractivity contribution >= 4 is 17.7 Å². The van der Waals surface area contributed by atoms with Gasteiger partial charge in [0.25, 0.3) is 5.91 Å². The van der Waals surface area contributed by atoms with Crippen molar-refractivity contribution in [3.63, 3.8) is 0 Å². The highest BCUT2D eigenvalue weighted by atomic mass is 32.2. The van der Waals surface area contributed by atoms with Gasteiger partial charge in [-0.1, -0.05) is 37.0 Å². The number of benzene rings is 1. The van der Waals surface area contributed by atoms with E-state index in [4.69, 9.17) is 0 Å². The molecular formula is C17H25NOS. The third-order valence-electron chi connectivity index (χ3n) is 3.92. The Morgan fingerprint density at radius 2 is 2.00 bits per heavy atom. The molecule has 0 saturated heterocycles. The molecule has 1 fully saturated rings. The summed E-state index contributed by atoms with van der Waals surface area (Å²) in [6, 6.07) is 5.98. The lowest BCUT2D eigenvalue weighted by atomic mass is 10.0. The van der Waals surface area contributed by atoms with Crippen LogP contribution < -0.4 is 5.32 Å². The van der Waals surface area contributed by atoms with Crippen molar-refractivity contribution in [3.8, 4) is 0 Å². The molecule has 0 aromatic heterocycles. The molecule has 1 aromatic carbocycles. The minimum absolute atomic E-state index is 0.0618. The first kappa shape index (κ1) is 15.4. The zero-order valence-corrected chi connectivity index (χ0v) is 13.4. The van der Waals surface area contributed by atoms with Crippen LogP contribution in [0.2, 0.25) is 0 Å². The number of rotatable bonds is 5. The van der Waals surface area contributed by atoms with E-state index in [1.807, 2.05) is 30.8 Å². The van der Waals surface area contributed by atoms with Crippen molar-refractivity contribution < 1.29 is 4.79 Å². The Morgan fingerprint density at radius 3 is 2.70 bits per heavy atom. The van der Waals surface area contributed by atoms with Crippen molar-refractivity contribution in [2.75, 3.05) is 12.3 Å². The minimum Gasteiger partial charge on any atom is -0.351 e. The summed E-state index contributed by atoms with van der Waals surface area (Å²) in [5.74, 6) is 1.09. The van der Waals surface area contributed by atoms with Gasteiger partial charge in [0.2, 0.25) is 0 Å². The second kappa shape index (κ2) is 7.72. The Hall–Kier alpha value is -0.960. The summed E-state index contributed by atoms with van der Waals surface area (Å²) in [5.41, 5.74) is 3.06. The van der Waals surface area contributed by atoms with Gasteiger partial charge in [-0.05, 0) is 38.3 Å². The third kappa shape index (κ3) is 4.55. The second-order valence-electron chi connectivity index (χ2n) is 5.71. The van der Waals surface area contributed by atoms with Crippen LogP contribution in [0.5, 0.6) is 0 Å². The molecule has 0 unspecified atom stereocenters. The molecule has 3 heteroatoms. The first-order valence-corrected chi connectivity index (χ1v) is 8.69. The number of carbonyl (C=O) groups excluding carboxylic acids is 1. The molecule has 1 aliphatic carbocycles. The highest BCUT2D eigenvalue weighted by molar-refractivity contribution is 7.99. The van der Waals surface area contributed by atoms with Crippen molar-refractivity contribution in [2.45, 2.75) is 51.2 Å². The predicted molar refractivity (Wildman–Crippen MR) is 87.6 cm³/mol. The van der Waals surface area contributed by atoms with E-state index < -0.39 is 0 Å². The summed E-state index contributed by atoms with van der Waals surface area (Å²) < 4.78 is 0. The molecule has 1 aliphatic rings. The van der Waals surface area contributed by atoms with Crippen molar-refractivity contribution in [1.29, 1.82) is 0 Å². The number of carbonyl (C=O) groups is 1. The van der Waals surface area contributed by atoms with Crippen LogP contribution in [0.1, 0.15) is 53.6 Å². The fourth-order valence-electron chi connectivity index (χ4n) is 2.79. The van der Waals surface area contributed by atoms with Crippen LogP contribution >= 0.6 is 11.8 Å². The normalized spacial score (nSPS) is 16.1. The average molecular weight is 291 g/mol. The molecule has 0 bridgehead atoms. The zero-order valence-electron chi connectivity index (χ0n) is 12.6. The first-order valence-electron chi connectivity index (χ1n) is 7.64. The van der Waals surface area contributed by atoms with Gasteiger partial charge >= 0.3 is 0 Å². The van der Waals surface area contributed by atoms with Crippen molar-refractivity contribution in [1.82, 2.24) is 5.32 Å². The smallest absolute Gasteiger partial charge is 0.251 e. The molecule has 0 radical (unpaired) electrons. The Kier molecular flexibility index (Phi) is 5.96. The van der Waals surface area contributed by atoms with Crippen LogP contribution in [0.15, 0.2) is 18.2 Å². The second-order valence-corrected chi connectivity index (χ2v) is 7.11. The number of thioether (sulfide) groups is 1. The maximum atomic E-state index is 12.1. The number of hydrogen-bond acceptors (Lipinski definition) is 2. The zero-order chi connectivity index (χ0) is 14.4. The highest BCUT2D eigenvalue weighted by Gasteiger charge is 2.13. The molecule has 20 heavy (non-hydrogen) atoms. The quantitative estimate of drug-likeness (QED) is 0.828. The maximum Gasteiger partial charge on any atom is 0.251 e. The van der Waals surface area contributed by atoms with Crippen LogP contribution in [0.4, 0.5) is 0 Å². The summed E-state index contributed by atoms with van der Waals surface area (Å²) in [6.07, 6.45) is 6.88. The topological polar surface area (TPSA) is 29.1 Å². The molecule has 0 spiro atoms. The number of amides is 1. The maximum absolute atomic E-state index is 12.1. The Labute approximate surface area is 126 Å². The number of hydrogen-bond donors (Lipinski definition) is 1. The van der Waals surface area contributed by atoms with Crippen LogP contribution in [0, 0.1) is 13.8 Å². The van der Waals surface area contributed by atoms with E-state index >= 15 is 0 Å². The largest absolute Gasteiger partial charge is 0.351 e. The van der Waals surface area contributed by atoms with E-state index in [-0.39, 0.29) is 5.91 Å². The van der Waals surface area contributed by atoms with Crippen LogP contribution in [0.25, 0.3) is 0 Å². The molecule has 1 amide bonds. The third-order valence-corrected chi connectivity index (χ3v) is 5.30. The Morgan fingerprint density at radius 1 is 1.25 bits per heavy atom. The lowest BCUT2D eigenvalue weighted by molar-refractivity contribution is 0.0955. The number of aryl methyl sites for hydroxylation is 2. The molecule has 110 valence electrons. The van der Waals surface area contributed by atoms with Gasteiger partial charge in [0.1, 0.15) is 0 Å². The predicted octanol–water partition coefficient (Wildman–Crippen LogP) is 4.10. The standard InChI is InChI=1S/C17H25NOS/c1-13-8-9-16(14(2)12-13)17(19)18-10-11-20-15-6-4-3-5-7-15/h8-9,12,15H,3-7,10-11H2,1-2H3,(H,18,19). The average Bonchev–Trinajstić information content (AvgIpc) is 2.44. The molecule has 1 aromatic rings. The van der Waals surface area contributed by atoms with Crippen molar-refractivity contribution in [2.24, 2.45) is 0 Å². The minimum atomic E-state index is 0.0618. The molecule has 2 rings (SSSR count). The summed E-state index contributed by atoms with van der Waals surface area (Å²) in [4.78, 5) is 12.1. The summed E-state index contributed by atoms with van der Waals surface area (Å²) in [5, 5.41) is 3.86. The molecule has 2 nitrogen and oxygen atoms in total. The van der Waals surface area contributed by atoms with Gasteiger partial charge < -0.3 is 5.32 Å². The molecule has 0 heterocycles. The van der Waals surface area contributed by atoms with Crippen LogP contribution in [-0.4, -0.2) is 23.5 Å². The summed E-state index contributed by atoms with van der Waals surface area (Å²) >= 11 is 2.03. The van der Waals surface area contributed by atoms with E-state index in [9.17, 15) is 4.79 Å². The number of nitrogens with one attached hydrogen (secondary N) is 1. The van der Waals surface area contributed by atoms with Crippen LogP contribution in [0.3, 0.4) is 0 Å². The van der Waals surface area contributed by atoms with Gasteiger partial charge in [0, 0.05) is 23.1 Å². The van der Waals surface area contributed by atoms with Crippen LogP contribution in [-0.2, 0) is 0 Å². The molecule has 0 atom stereocenters. The van der Waals surface area contributed by atoms with E-state index in [0.717, 1.165) is 28.7 Å². The molecule has 0 aliphatic heterocycles. The SMILES string of the molecule is Cc1ccc(C(=O)NCCSC2CCCCC2)c(C)c1. The van der Waals surface area contributed by atoms with Gasteiger partial charge in [0.05, 0.1) is 0 Å². The van der Waals surface area contributed by atoms with Gasteiger partial charge in [-0.3, -0.25) is 4.79 Å². The fourth-order valence-corrected chi connectivity index (χ4v) is 4.01. The van der Waals surface area contributed by atoms with E-state index in [1.165, 1.54) is 37.7 Å². The Balaban J connectivity index is 1.72. The summed E-state index contributed by atoms with van der Waals surface area (Å²) in [6.45, 7) is 4.82. The van der Waals surface area contributed by atoms with Gasteiger partial charge in [-0.15, -0.1) is 0 Å². The lowest BCUT2D eigenvalue weighted by Crippen LogP contribution is -2.27. The fraction of sp³-hybridized carbons (Fsp3) is 0.588. The summed E-state index contributed by atoms with van der Waals surface area (Å²) in [7, 11) is 0. The lowest BCUT2D eigenvalue weighted by Gasteiger charge is -2.20. The Bertz CT molecular complexity index is 452. The van der Waals surface area contributed by atoms with E-state index in [0.29, 0.717) is 0 Å². The first-order chi connectivity index (χ1) is 9.66. The molecular weight excluding hydrogens is 266 g/mol. The molecule has 1 saturated carbocycles. The van der Waals surface area contributed by atoms with Gasteiger partial charge in [0.15, 0.2) is 0 Å². The van der Waals surface area contributed by atoms with E-state index in [1.54, 1.807) is 0 Å². The van der Waals surface area contributed by atoms with E-state index in [2.05, 4.69) is 18.3 Å². The van der Waals surface area contributed by atoms with Gasteiger partial charge in [-0.25, -0.2) is 0 Å².